The highest BCUT2D eigenvalue weighted by molar-refractivity contribution is 7.95. The number of hydrogen-bond donors (Lipinski definition) is 2. The molecule has 0 aromatic heterocycles. The van der Waals surface area contributed by atoms with E-state index in [-0.39, 0.29) is 38.3 Å². The van der Waals surface area contributed by atoms with Crippen LogP contribution >= 0.6 is 0 Å². The van der Waals surface area contributed by atoms with Gasteiger partial charge in [-0.05, 0) is 10.9 Å². The van der Waals surface area contributed by atoms with E-state index in [0.29, 0.717) is 17.3 Å². The minimum absolute atomic E-state index is 0. The number of carboxylic acids is 1. The summed E-state index contributed by atoms with van der Waals surface area (Å²) in [5, 5.41) is 8.37. The SMILES string of the molecule is C[S+](C)CC[C@H](N)C(=O)O.[Cl-].[Cl-].[SH3+]. The predicted molar refractivity (Wildman–Crippen MR) is 55.9 cm³/mol. The van der Waals surface area contributed by atoms with Crippen molar-refractivity contribution in [3.63, 3.8) is 0 Å². The van der Waals surface area contributed by atoms with E-state index >= 15 is 0 Å². The zero-order valence-electron chi connectivity index (χ0n) is 7.67. The van der Waals surface area contributed by atoms with Crippen molar-refractivity contribution in [3.05, 3.63) is 0 Å². The quantitative estimate of drug-likeness (QED) is 0.499. The van der Waals surface area contributed by atoms with Gasteiger partial charge in [-0.1, -0.05) is 13.5 Å². The van der Waals surface area contributed by atoms with Crippen LogP contribution in [0.25, 0.3) is 0 Å². The van der Waals surface area contributed by atoms with Crippen molar-refractivity contribution in [2.24, 2.45) is 5.73 Å². The lowest BCUT2D eigenvalue weighted by Gasteiger charge is -2.02. The Morgan fingerprint density at radius 2 is 1.85 bits per heavy atom. The van der Waals surface area contributed by atoms with Crippen LogP contribution in [-0.2, 0) is 29.2 Å². The van der Waals surface area contributed by atoms with Gasteiger partial charge in [0.2, 0.25) is 0 Å². The summed E-state index contributed by atoms with van der Waals surface area (Å²) in [6.07, 6.45) is 4.74. The van der Waals surface area contributed by atoms with Crippen LogP contribution in [0.15, 0.2) is 0 Å². The third-order valence-corrected chi connectivity index (χ3v) is 2.21. The number of halogens is 2. The molecule has 0 saturated heterocycles. The molecule has 0 rings (SSSR count). The molecule has 3 N–H and O–H groups in total. The van der Waals surface area contributed by atoms with Gasteiger partial charge >= 0.3 is 5.97 Å². The summed E-state index contributed by atoms with van der Waals surface area (Å²) in [5.41, 5.74) is 5.27. The van der Waals surface area contributed by atoms with Crippen molar-refractivity contribution in [1.29, 1.82) is 0 Å². The number of carbonyl (C=O) groups is 1. The molecule has 84 valence electrons. The molecule has 0 aromatic rings. The van der Waals surface area contributed by atoms with Crippen LogP contribution in [0.1, 0.15) is 6.42 Å². The van der Waals surface area contributed by atoms with E-state index in [4.69, 9.17) is 10.8 Å². The van der Waals surface area contributed by atoms with E-state index in [2.05, 4.69) is 12.5 Å². The summed E-state index contributed by atoms with van der Waals surface area (Å²) in [5.74, 6) is 0.0125. The largest absolute Gasteiger partial charge is 1.00 e. The van der Waals surface area contributed by atoms with Crippen molar-refractivity contribution in [2.75, 3.05) is 18.3 Å². The molecular formula is C6H17Cl2NO2S2. The molecule has 0 aliphatic rings. The second kappa shape index (κ2) is 12.7. The Balaban J connectivity index is -0.000000135. The van der Waals surface area contributed by atoms with E-state index in [0.717, 1.165) is 5.75 Å². The van der Waals surface area contributed by atoms with Crippen molar-refractivity contribution < 1.29 is 34.7 Å². The molecule has 0 aromatic carbocycles. The Morgan fingerprint density at radius 3 is 2.08 bits per heavy atom. The fourth-order valence-electron chi connectivity index (χ4n) is 0.486. The van der Waals surface area contributed by atoms with E-state index in [1.807, 2.05) is 0 Å². The molecule has 3 nitrogen and oxygen atoms in total. The lowest BCUT2D eigenvalue weighted by atomic mass is 10.2. The van der Waals surface area contributed by atoms with Gasteiger partial charge in [0.05, 0.1) is 12.5 Å². The molecule has 0 spiro atoms. The maximum Gasteiger partial charge on any atom is 0.320 e. The highest BCUT2D eigenvalue weighted by Crippen LogP contribution is 1.93. The predicted octanol–water partition coefficient (Wildman–Crippen LogP) is -7.13. The third-order valence-electron chi connectivity index (χ3n) is 1.15. The monoisotopic (exact) mass is 269 g/mol. The minimum atomic E-state index is -0.898. The van der Waals surface area contributed by atoms with Gasteiger partial charge in [0.25, 0.3) is 0 Å². The molecule has 13 heavy (non-hydrogen) atoms. The highest BCUT2D eigenvalue weighted by atomic mass is 35.5. The van der Waals surface area contributed by atoms with Crippen LogP contribution in [0.5, 0.6) is 0 Å². The zero-order valence-corrected chi connectivity index (χ0v) is 11.1. The summed E-state index contributed by atoms with van der Waals surface area (Å²) >= 11 is 0. The first-order valence-electron chi connectivity index (χ1n) is 3.06. The number of carboxylic acid groups (broad SMARTS) is 1. The normalized spacial score (nSPS) is 10.5. The van der Waals surface area contributed by atoms with Gasteiger partial charge < -0.3 is 35.7 Å². The van der Waals surface area contributed by atoms with Crippen LogP contribution in [-0.4, -0.2) is 35.4 Å². The first-order valence-corrected chi connectivity index (χ1v) is 5.27. The summed E-state index contributed by atoms with van der Waals surface area (Å²) in [6, 6.07) is -0.671. The Bertz CT molecular complexity index is 127. The molecule has 0 bridgehead atoms. The summed E-state index contributed by atoms with van der Waals surface area (Å²) in [4.78, 5) is 10.2. The average molecular weight is 270 g/mol. The van der Waals surface area contributed by atoms with Crippen molar-refractivity contribution in [3.8, 4) is 0 Å². The Morgan fingerprint density at radius 1 is 1.46 bits per heavy atom. The van der Waals surface area contributed by atoms with E-state index < -0.39 is 12.0 Å². The van der Waals surface area contributed by atoms with E-state index in [9.17, 15) is 4.79 Å². The highest BCUT2D eigenvalue weighted by Gasteiger charge is 2.14. The topological polar surface area (TPSA) is 63.3 Å². The molecule has 1 atom stereocenters. The second-order valence-corrected chi connectivity index (χ2v) is 4.80. The van der Waals surface area contributed by atoms with Crippen LogP contribution in [0, 0.1) is 0 Å². The molecule has 0 unspecified atom stereocenters. The van der Waals surface area contributed by atoms with Crippen LogP contribution in [0.2, 0.25) is 0 Å². The standard InChI is InChI=1S/C6H13NO2S.2ClH.H2S/c1-10(2)4-3-5(7)6(8)9;;;/h5H,3-4,7H2,1-2H3;2*1H;1H2/t5-;;;/m0.../s1. The molecule has 0 aliphatic carbocycles. The zero-order chi connectivity index (χ0) is 8.15. The van der Waals surface area contributed by atoms with Crippen molar-refractivity contribution >= 4 is 30.4 Å². The Labute approximate surface area is 101 Å². The number of aliphatic carboxylic acids is 1. The molecule has 0 amide bonds. The van der Waals surface area contributed by atoms with Crippen LogP contribution in [0.4, 0.5) is 0 Å². The smallest absolute Gasteiger partial charge is 0.320 e. The minimum Gasteiger partial charge on any atom is -1.00 e. The fraction of sp³-hybridized carbons (Fsp3) is 0.833. The van der Waals surface area contributed by atoms with Gasteiger partial charge in [0, 0.05) is 6.42 Å². The second-order valence-electron chi connectivity index (χ2n) is 2.42. The number of rotatable bonds is 4. The molecule has 0 heterocycles. The average Bonchev–Trinajstić information content (AvgIpc) is 1.82. The molecular weight excluding hydrogens is 253 g/mol. The number of nitrogens with two attached hydrogens (primary N) is 1. The molecule has 0 radical (unpaired) electrons. The lowest BCUT2D eigenvalue weighted by Crippen LogP contribution is -3.00. The van der Waals surface area contributed by atoms with Gasteiger partial charge in [-0.15, -0.1) is 0 Å². The summed E-state index contributed by atoms with van der Waals surface area (Å²) < 4.78 is 0. The van der Waals surface area contributed by atoms with Gasteiger partial charge in [-0.3, -0.25) is 4.79 Å². The molecule has 7 heteroatoms. The third kappa shape index (κ3) is 15.5. The number of hydrogen-bond acceptors (Lipinski definition) is 2. The lowest BCUT2D eigenvalue weighted by molar-refractivity contribution is -0.138. The fourth-order valence-corrected chi connectivity index (χ4v) is 1.21. The van der Waals surface area contributed by atoms with Crippen molar-refractivity contribution in [2.45, 2.75) is 12.5 Å². The first-order chi connectivity index (χ1) is 4.54. The summed E-state index contributed by atoms with van der Waals surface area (Å²) in [7, 11) is 0.304. The Kier molecular flexibility index (Phi) is 23.0. The van der Waals surface area contributed by atoms with Crippen molar-refractivity contribution in [1.82, 2.24) is 0 Å². The maximum absolute atomic E-state index is 10.2. The molecule has 0 saturated carbocycles. The maximum atomic E-state index is 10.2. The van der Waals surface area contributed by atoms with Gasteiger partial charge in [-0.25, -0.2) is 0 Å². The van der Waals surface area contributed by atoms with E-state index in [1.165, 1.54) is 0 Å². The van der Waals surface area contributed by atoms with Crippen LogP contribution in [0.3, 0.4) is 0 Å². The first kappa shape index (κ1) is 23.5. The van der Waals surface area contributed by atoms with E-state index in [1.54, 1.807) is 0 Å². The van der Waals surface area contributed by atoms with Gasteiger partial charge in [0.1, 0.15) is 11.8 Å². The van der Waals surface area contributed by atoms with Gasteiger partial charge in [0.15, 0.2) is 0 Å². The molecule has 0 aliphatic heterocycles. The van der Waals surface area contributed by atoms with Gasteiger partial charge in [-0.2, -0.15) is 0 Å². The van der Waals surface area contributed by atoms with Crippen LogP contribution < -0.4 is 30.5 Å². The Hall–Kier alpha value is 0.710. The summed E-state index contributed by atoms with van der Waals surface area (Å²) in [6.45, 7) is 0. The molecule has 0 fully saturated rings.